The number of piperidine rings is 1. The molecule has 5 saturated heterocycles. The highest BCUT2D eigenvalue weighted by atomic mass is 19.3. The number of anilines is 1. The quantitative estimate of drug-likeness (QED) is 0.457. The van der Waals surface area contributed by atoms with Crippen molar-refractivity contribution in [3.8, 4) is 22.9 Å². The van der Waals surface area contributed by atoms with Crippen LogP contribution in [0.25, 0.3) is 16.6 Å². The Morgan fingerprint density at radius 3 is 2.61 bits per heavy atom. The second kappa shape index (κ2) is 10.0. The number of pyridine rings is 2. The van der Waals surface area contributed by atoms with Crippen LogP contribution in [0.5, 0.6) is 5.75 Å². The Hall–Kier alpha value is -4.02. The first kappa shape index (κ1) is 27.5. The molecule has 3 unspecified atom stereocenters. The van der Waals surface area contributed by atoms with Gasteiger partial charge in [-0.25, -0.2) is 23.1 Å². The van der Waals surface area contributed by atoms with Gasteiger partial charge in [0.05, 0.1) is 48.2 Å². The third-order valence-corrected chi connectivity index (χ3v) is 10.2. The van der Waals surface area contributed by atoms with Crippen LogP contribution in [-0.2, 0) is 0 Å². The van der Waals surface area contributed by atoms with Crippen molar-refractivity contribution in [2.45, 2.75) is 49.8 Å². The maximum atomic E-state index is 13.7. The Morgan fingerprint density at radius 2 is 1.95 bits per heavy atom. The van der Waals surface area contributed by atoms with Crippen LogP contribution in [-0.4, -0.2) is 117 Å². The molecule has 230 valence electrons. The lowest BCUT2D eigenvalue weighted by Gasteiger charge is -2.57. The molecule has 1 spiro atoms. The zero-order valence-electron chi connectivity index (χ0n) is 24.3. The predicted molar refractivity (Wildman–Crippen MR) is 156 cm³/mol. The van der Waals surface area contributed by atoms with Crippen molar-refractivity contribution in [3.63, 3.8) is 0 Å². The molecular weight excluding hydrogens is 570 g/mol. The summed E-state index contributed by atoms with van der Waals surface area (Å²) < 4.78 is 35.2. The van der Waals surface area contributed by atoms with Gasteiger partial charge in [-0.05, 0) is 37.5 Å². The number of hydrogen-bond acceptors (Lipinski definition) is 8. The Balaban J connectivity index is 0.961. The van der Waals surface area contributed by atoms with Gasteiger partial charge in [-0.2, -0.15) is 10.4 Å². The molecule has 3 atom stereocenters. The molecule has 3 aromatic heterocycles. The number of aliphatic hydroxyl groups excluding tert-OH is 1. The van der Waals surface area contributed by atoms with E-state index in [2.05, 4.69) is 21.0 Å². The molecule has 6 aliphatic rings. The molecule has 0 radical (unpaired) electrons. The monoisotopic (exact) mass is 604 g/mol. The van der Waals surface area contributed by atoms with Gasteiger partial charge in [0.1, 0.15) is 24.2 Å². The zero-order valence-corrected chi connectivity index (χ0v) is 24.3. The summed E-state index contributed by atoms with van der Waals surface area (Å²) in [5.74, 6) is -1.39. The molecule has 5 aliphatic heterocycles. The second-order valence-electron chi connectivity index (χ2n) is 13.1. The topological polar surface area (TPSA) is 113 Å². The highest BCUT2D eigenvalue weighted by Gasteiger charge is 2.54. The molecule has 1 saturated carbocycles. The summed E-state index contributed by atoms with van der Waals surface area (Å²) in [4.78, 5) is 25.1. The van der Waals surface area contributed by atoms with Crippen molar-refractivity contribution in [2.24, 2.45) is 5.41 Å². The normalized spacial score (nSPS) is 26.7. The average Bonchev–Trinajstić information content (AvgIpc) is 3.36. The SMILES string of the molecule is N#Cc1cnn2cc(OCCN3CC(O)C4(CC4)C3)cc(-c3ccc(N4CC5CC(C4)N5C(=O)N4CCC(F)(F)C4)nc3)c12. The molecule has 11 nitrogen and oxygen atoms in total. The molecule has 2 amide bonds. The van der Waals surface area contributed by atoms with Crippen molar-refractivity contribution < 1.29 is 23.4 Å². The molecule has 1 N–H and O–H groups in total. The van der Waals surface area contributed by atoms with E-state index >= 15 is 0 Å². The number of halogens is 2. The largest absolute Gasteiger partial charge is 0.491 e. The van der Waals surface area contributed by atoms with E-state index in [1.807, 2.05) is 18.2 Å². The first-order chi connectivity index (χ1) is 21.2. The summed E-state index contributed by atoms with van der Waals surface area (Å²) in [5, 5.41) is 24.5. The minimum absolute atomic E-state index is 0.0194. The van der Waals surface area contributed by atoms with E-state index in [0.29, 0.717) is 43.1 Å². The van der Waals surface area contributed by atoms with Crippen molar-refractivity contribution in [2.75, 3.05) is 57.3 Å². The summed E-state index contributed by atoms with van der Waals surface area (Å²) in [5.41, 5.74) is 2.83. The van der Waals surface area contributed by atoms with Gasteiger partial charge in [-0.1, -0.05) is 0 Å². The van der Waals surface area contributed by atoms with Crippen LogP contribution < -0.4 is 9.64 Å². The average molecular weight is 605 g/mol. The molecule has 2 bridgehead atoms. The molecule has 6 fully saturated rings. The lowest BCUT2D eigenvalue weighted by atomic mass is 9.87. The number of urea groups is 1. The van der Waals surface area contributed by atoms with Gasteiger partial charge < -0.3 is 24.5 Å². The standard InChI is InChI=1S/C31H34F2N8O3/c32-31(33)5-6-38(19-31)29(43)41-22-9-23(41)15-39(14-22)27-2-1-20(12-35-27)25-10-24(16-40-28(25)21(11-34)13-36-40)44-8-7-37-17-26(42)30(18-37)3-4-30/h1-2,10,12-13,16,22-23,26,42H,3-9,14-15,17-19H2. The highest BCUT2D eigenvalue weighted by molar-refractivity contribution is 5.85. The number of rotatable bonds is 6. The Bertz CT molecular complexity index is 1640. The fourth-order valence-corrected chi connectivity index (χ4v) is 7.55. The van der Waals surface area contributed by atoms with Gasteiger partial charge in [0.2, 0.25) is 0 Å². The number of alkyl halides is 2. The molecular formula is C31H34F2N8O3. The molecule has 9 rings (SSSR count). The number of piperazine rings is 1. The van der Waals surface area contributed by atoms with Gasteiger partial charge in [0.15, 0.2) is 0 Å². The van der Waals surface area contributed by atoms with Crippen LogP contribution in [0, 0.1) is 16.7 Å². The van der Waals surface area contributed by atoms with Crippen molar-refractivity contribution in [1.29, 1.82) is 5.26 Å². The van der Waals surface area contributed by atoms with Crippen LogP contribution >= 0.6 is 0 Å². The maximum absolute atomic E-state index is 13.7. The van der Waals surface area contributed by atoms with E-state index in [1.165, 1.54) is 4.90 Å². The number of nitriles is 1. The molecule has 3 aromatic rings. The summed E-state index contributed by atoms with van der Waals surface area (Å²) >= 11 is 0. The number of likely N-dealkylation sites (tertiary alicyclic amines) is 2. The van der Waals surface area contributed by atoms with E-state index in [-0.39, 0.29) is 42.6 Å². The van der Waals surface area contributed by atoms with E-state index in [0.717, 1.165) is 49.3 Å². The third-order valence-electron chi connectivity index (χ3n) is 10.2. The van der Waals surface area contributed by atoms with Gasteiger partial charge in [-0.3, -0.25) is 4.90 Å². The van der Waals surface area contributed by atoms with Gasteiger partial charge in [-0.15, -0.1) is 0 Å². The van der Waals surface area contributed by atoms with Crippen LogP contribution in [0.2, 0.25) is 0 Å². The number of aliphatic hydroxyl groups is 1. The summed E-state index contributed by atoms with van der Waals surface area (Å²) in [6, 6.07) is 7.72. The second-order valence-corrected chi connectivity index (χ2v) is 13.1. The van der Waals surface area contributed by atoms with Crippen LogP contribution in [0.3, 0.4) is 0 Å². The maximum Gasteiger partial charge on any atom is 0.320 e. The number of hydrogen-bond donors (Lipinski definition) is 1. The van der Waals surface area contributed by atoms with Crippen LogP contribution in [0.15, 0.2) is 36.8 Å². The fraction of sp³-hybridized carbons (Fsp3) is 0.548. The minimum Gasteiger partial charge on any atom is -0.491 e. The minimum atomic E-state index is -2.80. The van der Waals surface area contributed by atoms with Crippen molar-refractivity contribution in [3.05, 3.63) is 42.4 Å². The van der Waals surface area contributed by atoms with Gasteiger partial charge >= 0.3 is 6.03 Å². The highest BCUT2D eigenvalue weighted by Crippen LogP contribution is 2.52. The smallest absolute Gasteiger partial charge is 0.320 e. The summed E-state index contributed by atoms with van der Waals surface area (Å²) in [6.07, 6.45) is 7.63. The van der Waals surface area contributed by atoms with E-state index in [1.54, 1.807) is 28.0 Å². The number of carbonyl (C=O) groups excluding carboxylic acids is 1. The molecule has 1 aliphatic carbocycles. The van der Waals surface area contributed by atoms with E-state index < -0.39 is 12.5 Å². The summed E-state index contributed by atoms with van der Waals surface area (Å²) in [6.45, 7) is 3.58. The number of nitrogens with zero attached hydrogens (tertiary/aromatic N) is 8. The lowest BCUT2D eigenvalue weighted by molar-refractivity contribution is -0.00122. The molecule has 44 heavy (non-hydrogen) atoms. The van der Waals surface area contributed by atoms with Crippen molar-refractivity contribution >= 4 is 17.4 Å². The first-order valence-electron chi connectivity index (χ1n) is 15.3. The van der Waals surface area contributed by atoms with Gasteiger partial charge in [0, 0.05) is 68.4 Å². The fourth-order valence-electron chi connectivity index (χ4n) is 7.55. The molecule has 13 heteroatoms. The number of β-amino-alcohol motifs (C(OH)–C–C–N with tert-alkyl or cyclic N) is 1. The Kier molecular flexibility index (Phi) is 6.26. The Morgan fingerprint density at radius 1 is 1.14 bits per heavy atom. The number of ether oxygens (including phenoxy) is 1. The Labute approximate surface area is 253 Å². The van der Waals surface area contributed by atoms with E-state index in [4.69, 9.17) is 9.72 Å². The molecule has 0 aromatic carbocycles. The van der Waals surface area contributed by atoms with Crippen LogP contribution in [0.4, 0.5) is 19.4 Å². The zero-order chi connectivity index (χ0) is 30.2. The van der Waals surface area contributed by atoms with Crippen molar-refractivity contribution in [1.82, 2.24) is 29.3 Å². The number of amides is 2. The summed E-state index contributed by atoms with van der Waals surface area (Å²) in [7, 11) is 0. The lowest BCUT2D eigenvalue weighted by Crippen LogP contribution is -2.72. The number of aromatic nitrogens is 3. The third kappa shape index (κ3) is 4.62. The first-order valence-corrected chi connectivity index (χ1v) is 15.3. The van der Waals surface area contributed by atoms with Crippen LogP contribution in [0.1, 0.15) is 31.2 Å². The molecule has 8 heterocycles. The van der Waals surface area contributed by atoms with E-state index in [9.17, 15) is 23.9 Å². The van der Waals surface area contributed by atoms with Gasteiger partial charge in [0.25, 0.3) is 5.92 Å². The predicted octanol–water partition coefficient (Wildman–Crippen LogP) is 2.83. The number of fused-ring (bicyclic) bond motifs is 3. The number of carbonyl (C=O) groups is 1.